The van der Waals surface area contributed by atoms with Gasteiger partial charge in [0.2, 0.25) is 57.6 Å². The molecule has 10 heterocycles. The zero-order valence-electron chi connectivity index (χ0n) is 85.8. The second-order valence-electron chi connectivity index (χ2n) is 38.3. The second kappa shape index (κ2) is 54.8. The maximum Gasteiger partial charge on any atom is 0.309 e. The van der Waals surface area contributed by atoms with Gasteiger partial charge in [-0.2, -0.15) is 0 Å². The molecule has 148 heavy (non-hydrogen) atoms. The maximum atomic E-state index is 12.6. The smallest absolute Gasteiger partial charge is 0.309 e. The minimum absolute atomic E-state index is 0. The fraction of sp³-hybridized carbons (Fsp3) is 0.444. The molecule has 0 saturated carbocycles. The number of ether oxygens (including phenoxy) is 14. The highest BCUT2D eigenvalue weighted by Crippen LogP contribution is 2.53. The number of methoxy groups -OCH3 is 4. The predicted molar refractivity (Wildman–Crippen MR) is 576 cm³/mol. The van der Waals surface area contributed by atoms with E-state index in [9.17, 15) is 29.1 Å². The number of carboxylic acids is 1. The van der Waals surface area contributed by atoms with E-state index in [2.05, 4.69) is 215 Å². The number of nitrogens with zero attached hydrogens (tertiary/aromatic N) is 3. The molecular formula is C117H150BrN9O21. The molecular weight excluding hydrogens is 1950 g/mol. The molecule has 30 nitrogen and oxygen atoms in total. The molecule has 0 bridgehead atoms. The number of carboxylic acid groups (broad SMARTS) is 1. The van der Waals surface area contributed by atoms with Crippen molar-refractivity contribution >= 4 is 45.5 Å². The lowest BCUT2D eigenvalue weighted by atomic mass is 9.82. The average molecular weight is 2100 g/mol. The van der Waals surface area contributed by atoms with E-state index in [1.54, 1.807) is 28.4 Å². The quantitative estimate of drug-likeness (QED) is 0.0206. The summed E-state index contributed by atoms with van der Waals surface area (Å²) in [6.07, 6.45) is 3.72. The van der Waals surface area contributed by atoms with E-state index in [-0.39, 0.29) is 88.9 Å². The lowest BCUT2D eigenvalue weighted by Gasteiger charge is -2.27. The number of alkyl halides is 1. The molecule has 20 rings (SSSR count). The van der Waals surface area contributed by atoms with Gasteiger partial charge < -0.3 is 109 Å². The third-order valence-corrected chi connectivity index (χ3v) is 29.6. The Bertz CT molecular complexity index is 5830. The van der Waals surface area contributed by atoms with Crippen molar-refractivity contribution in [1.29, 1.82) is 0 Å². The number of hydrogen-bond acceptors (Lipinski definition) is 24. The van der Waals surface area contributed by atoms with Crippen LogP contribution < -0.4 is 98.2 Å². The zero-order chi connectivity index (χ0) is 102. The number of hydrogen-bond donors (Lipinski definition) is 7. The number of amides is 4. The van der Waals surface area contributed by atoms with Gasteiger partial charge >= 0.3 is 5.97 Å². The first-order chi connectivity index (χ1) is 70.5. The summed E-state index contributed by atoms with van der Waals surface area (Å²) in [6.45, 7) is 28.6. The highest BCUT2D eigenvalue weighted by atomic mass is 79.9. The van der Waals surface area contributed by atoms with Gasteiger partial charge in [-0.25, -0.2) is 0 Å². The Kier molecular flexibility index (Phi) is 42.1. The molecule has 10 aliphatic heterocycles. The molecule has 4 amide bonds. The van der Waals surface area contributed by atoms with Crippen LogP contribution >= 0.6 is 15.9 Å². The van der Waals surface area contributed by atoms with Crippen LogP contribution in [-0.4, -0.2) is 201 Å². The summed E-state index contributed by atoms with van der Waals surface area (Å²) in [4.78, 5) is 67.1. The van der Waals surface area contributed by atoms with Gasteiger partial charge in [0.15, 0.2) is 57.5 Å². The average Bonchev–Trinajstić information content (AvgIpc) is 1.61. The van der Waals surface area contributed by atoms with E-state index in [1.165, 1.54) is 50.1 Å². The summed E-state index contributed by atoms with van der Waals surface area (Å²) in [7, 11) is 6.65. The third kappa shape index (κ3) is 27.9. The largest absolute Gasteiger partial charge is 0.497 e. The number of aryl methyl sites for hydroxylation is 1. The monoisotopic (exact) mass is 2100 g/mol. The van der Waals surface area contributed by atoms with E-state index < -0.39 is 17.9 Å². The highest BCUT2D eigenvalue weighted by Gasteiger charge is 2.50. The fourth-order valence-electron chi connectivity index (χ4n) is 21.4. The lowest BCUT2D eigenvalue weighted by molar-refractivity contribution is -0.143. The summed E-state index contributed by atoms with van der Waals surface area (Å²) in [5, 5.41) is 29.6. The van der Waals surface area contributed by atoms with E-state index >= 15 is 0 Å². The topological polar surface area (TPSA) is 348 Å². The van der Waals surface area contributed by atoms with Gasteiger partial charge in [-0.3, -0.25) is 38.7 Å². The molecule has 15 unspecified atom stereocenters. The molecule has 15 atom stereocenters. The van der Waals surface area contributed by atoms with Gasteiger partial charge in [-0.1, -0.05) is 195 Å². The van der Waals surface area contributed by atoms with Gasteiger partial charge in [-0.05, 0) is 221 Å². The Labute approximate surface area is 880 Å². The lowest BCUT2D eigenvalue weighted by Crippen LogP contribution is -2.38. The molecule has 10 aromatic rings. The molecule has 5 fully saturated rings. The fourth-order valence-corrected chi connectivity index (χ4v) is 21.6. The number of carbonyl (C=O) groups is 5. The van der Waals surface area contributed by atoms with E-state index in [4.69, 9.17) is 66.3 Å². The summed E-state index contributed by atoms with van der Waals surface area (Å²) < 4.78 is 75.9. The van der Waals surface area contributed by atoms with Crippen LogP contribution in [0.4, 0.5) is 0 Å². The highest BCUT2D eigenvalue weighted by molar-refractivity contribution is 9.09. The third-order valence-electron chi connectivity index (χ3n) is 29.1. The van der Waals surface area contributed by atoms with Gasteiger partial charge in [0.1, 0.15) is 23.0 Å². The van der Waals surface area contributed by atoms with Crippen LogP contribution in [0.3, 0.4) is 0 Å². The Morgan fingerprint density at radius 1 is 0.331 bits per heavy atom. The first-order valence-corrected chi connectivity index (χ1v) is 51.8. The predicted octanol–water partition coefficient (Wildman–Crippen LogP) is 18.9. The number of carbonyl (C=O) groups excluding carboxylic acids is 4. The summed E-state index contributed by atoms with van der Waals surface area (Å²) in [5.74, 6) is 12.7. The molecule has 0 aliphatic carbocycles. The summed E-state index contributed by atoms with van der Waals surface area (Å²) >= 11 is 3.03. The number of likely N-dealkylation sites (tertiary alicyclic amines) is 3. The van der Waals surface area contributed by atoms with Gasteiger partial charge in [-0.15, -0.1) is 0 Å². The van der Waals surface area contributed by atoms with Crippen LogP contribution in [0.5, 0.6) is 80.5 Å². The Hall–Kier alpha value is -13.0. The van der Waals surface area contributed by atoms with Crippen LogP contribution in [0.15, 0.2) is 212 Å². The van der Waals surface area contributed by atoms with Crippen molar-refractivity contribution in [2.24, 2.45) is 29.6 Å². The molecule has 796 valence electrons. The van der Waals surface area contributed by atoms with E-state index in [0.29, 0.717) is 128 Å². The van der Waals surface area contributed by atoms with Crippen LogP contribution in [-0.2, 0) is 24.0 Å². The van der Waals surface area contributed by atoms with Gasteiger partial charge in [0, 0.05) is 119 Å². The standard InChI is InChI=1S/C24H28N2O6.C24H30N2O4.C24H30N2O3.2C19H21NO3.C5H10BrNO.2CH4.H2O/c1-3-10-25-21(27)13-26-12-18(16-6-9-19-20(11-16)32-14-31-19)22(24(28)29)23(26)15-4-7-17(30-2)8-5-15;1-4-11-25-23(27)14-26-13-20(18-7-10-21-22(12-18)30-15-29-21)16(2)24(26)17-5-8-19(28-3)9-6-17;1-4-11-25-23(27)14-26-13-20(19-9-10-21-22(12-19)29-15-28-21)17(3)24(26)18-7-5-16(2)6-8-18;2*1-12-16(14-5-8-17-18(9-14)23-11-22-17)10-20-19(12)13-3-6-15(21-2)7-4-13;1-2-3-7-5(8)4-6;;;/h4-9,11,18,22-23H,3,10,12-14H2,1-2H3,(H,25,27)(H,28,29);5-10,12,16,20,24H,4,11,13-15H2,1-3H3,(H,25,27);5-10,12,17,20,24H,4,11,13-15H2,1-3H3,(H,25,27);2*3-9,12,16,19-20H,10-11H2,1-2H3;2-4H2,1H3,(H,7,8);2*1H4;1H2. The first kappa shape index (κ1) is 114. The molecule has 9 N–H and O–H groups in total. The normalized spacial score (nSPS) is 22.4. The number of rotatable bonds is 30. The van der Waals surface area contributed by atoms with Crippen molar-refractivity contribution in [3.05, 3.63) is 274 Å². The molecule has 5 saturated heterocycles. The van der Waals surface area contributed by atoms with Crippen LogP contribution in [0.2, 0.25) is 0 Å². The SMILES string of the molecule is C.C.CCCNC(=O)CBr.CCCNC(=O)CN1CC(c2ccc3c(c2)OCO3)C(C(=O)O)C1c1ccc(OC)cc1.CCCNC(=O)CN1CC(c2ccc3c(c2)OCO3)C(C)C1c1ccc(C)cc1.CCCNC(=O)CN1CC(c2ccc3c(c2)OCO3)C(C)C1c1ccc(OC)cc1.COc1ccc(C2NCC(c3ccc4c(c3)OCO4)C2C)cc1.COc1ccc(C2NCC(c3ccc4c(c3)OCO4)C2C)cc1.O. The second-order valence-corrected chi connectivity index (χ2v) is 38.9. The molecule has 10 aliphatic rings. The van der Waals surface area contributed by atoms with Crippen molar-refractivity contribution in [2.45, 2.75) is 163 Å². The maximum absolute atomic E-state index is 12.6. The number of benzene rings is 10. The Balaban J connectivity index is 0.000000161. The Morgan fingerprint density at radius 3 is 0.858 bits per heavy atom. The molecule has 0 spiro atoms. The molecule has 0 aromatic heterocycles. The van der Waals surface area contributed by atoms with Crippen LogP contribution in [0, 0.1) is 36.5 Å². The first-order valence-electron chi connectivity index (χ1n) is 50.7. The molecule has 31 heteroatoms. The number of aliphatic carboxylic acids is 1. The number of fused-ring (bicyclic) bond motifs is 5. The Morgan fingerprint density at radius 2 is 0.574 bits per heavy atom. The van der Waals surface area contributed by atoms with Gasteiger partial charge in [0.05, 0.1) is 59.3 Å². The number of halogens is 1. The van der Waals surface area contributed by atoms with Crippen molar-refractivity contribution in [3.63, 3.8) is 0 Å². The zero-order valence-corrected chi connectivity index (χ0v) is 87.4. The van der Waals surface area contributed by atoms with Gasteiger partial charge in [0.25, 0.3) is 0 Å². The minimum atomic E-state index is -0.898. The van der Waals surface area contributed by atoms with Crippen molar-refractivity contribution in [2.75, 3.05) is 146 Å². The minimum Gasteiger partial charge on any atom is -0.497 e. The van der Waals surface area contributed by atoms with Crippen molar-refractivity contribution in [1.82, 2.24) is 46.6 Å². The summed E-state index contributed by atoms with van der Waals surface area (Å²) in [6, 6.07) is 72.2. The van der Waals surface area contributed by atoms with Crippen molar-refractivity contribution in [3.8, 4) is 80.5 Å². The van der Waals surface area contributed by atoms with E-state index in [0.717, 1.165) is 139 Å². The molecule has 10 aromatic carbocycles. The number of nitrogens with one attached hydrogen (secondary N) is 6. The van der Waals surface area contributed by atoms with E-state index in [1.807, 2.05) is 122 Å². The molecule has 0 radical (unpaired) electrons. The van der Waals surface area contributed by atoms with Crippen LogP contribution in [0.25, 0.3) is 0 Å². The van der Waals surface area contributed by atoms with Crippen molar-refractivity contribution < 1.29 is 101 Å². The van der Waals surface area contributed by atoms with Crippen LogP contribution in [0.1, 0.15) is 217 Å². The summed E-state index contributed by atoms with van der Waals surface area (Å²) in [5.41, 5.74) is 13.1.